The highest BCUT2D eigenvalue weighted by molar-refractivity contribution is 7.85. The Bertz CT molecular complexity index is 781. The second-order valence-corrected chi connectivity index (χ2v) is 5.21. The molecule has 108 valence electrons. The minimum Gasteiger partial charge on any atom is -1.00 e. The van der Waals surface area contributed by atoms with Gasteiger partial charge in [0.1, 0.15) is 0 Å². The Labute approximate surface area is 127 Å². The maximum atomic E-state index is 10.9. The fraction of sp³-hybridized carbons (Fsp3) is 0. The van der Waals surface area contributed by atoms with Crippen molar-refractivity contribution in [1.29, 1.82) is 5.39 Å². The van der Waals surface area contributed by atoms with E-state index in [-0.39, 0.29) is 17.3 Å². The van der Waals surface area contributed by atoms with Crippen molar-refractivity contribution in [3.05, 3.63) is 53.5 Å². The largest absolute Gasteiger partial charge is 1.00 e. The van der Waals surface area contributed by atoms with Crippen molar-refractivity contribution in [3.63, 3.8) is 0 Å². The molecule has 0 aliphatic rings. The quantitative estimate of drug-likeness (QED) is 0.512. The van der Waals surface area contributed by atoms with Crippen LogP contribution in [0.2, 0.25) is 0 Å². The lowest BCUT2D eigenvalue weighted by atomic mass is 10.3. The number of nitrogens with zero attached hydrogens (tertiary/aromatic N) is 4. The molecule has 7 nitrogen and oxygen atoms in total. The Morgan fingerprint density at radius 3 is 1.71 bits per heavy atom. The molecule has 0 saturated carbocycles. The highest BCUT2D eigenvalue weighted by Crippen LogP contribution is 2.22. The lowest BCUT2D eigenvalue weighted by Crippen LogP contribution is -3.00. The molecule has 0 atom stereocenters. The van der Waals surface area contributed by atoms with E-state index in [4.69, 9.17) is 9.95 Å². The summed E-state index contributed by atoms with van der Waals surface area (Å²) >= 11 is 0. The number of benzene rings is 2. The zero-order valence-electron chi connectivity index (χ0n) is 10.5. The van der Waals surface area contributed by atoms with Gasteiger partial charge in [-0.1, -0.05) is 0 Å². The molecule has 9 heteroatoms. The standard InChI is InChI=1S/C12H8N4O3S.ClH/c13-14-9-1-3-10(4-2-9)15-16-11-5-7-12(8-6-11)20(17,18)19;/h1-8H;1H. The van der Waals surface area contributed by atoms with Gasteiger partial charge in [0.05, 0.1) is 16.3 Å². The molecule has 2 aromatic rings. The van der Waals surface area contributed by atoms with Crippen LogP contribution < -0.4 is 12.4 Å². The molecule has 21 heavy (non-hydrogen) atoms. The van der Waals surface area contributed by atoms with Crippen LogP contribution in [0.1, 0.15) is 0 Å². The summed E-state index contributed by atoms with van der Waals surface area (Å²) in [5, 5.41) is 16.4. The minimum absolute atomic E-state index is 0. The van der Waals surface area contributed by atoms with Gasteiger partial charge in [-0.2, -0.15) is 18.6 Å². The van der Waals surface area contributed by atoms with Crippen molar-refractivity contribution in [3.8, 4) is 0 Å². The zero-order valence-corrected chi connectivity index (χ0v) is 12.0. The molecule has 0 aliphatic heterocycles. The van der Waals surface area contributed by atoms with Gasteiger partial charge in [0.25, 0.3) is 10.1 Å². The molecule has 0 aliphatic carbocycles. The van der Waals surface area contributed by atoms with E-state index in [1.807, 2.05) is 0 Å². The Morgan fingerprint density at radius 1 is 0.905 bits per heavy atom. The van der Waals surface area contributed by atoms with Crippen molar-refractivity contribution < 1.29 is 25.4 Å². The lowest BCUT2D eigenvalue weighted by molar-refractivity contribution is -0.00000845. The average molecular weight is 325 g/mol. The summed E-state index contributed by atoms with van der Waals surface area (Å²) in [5.74, 6) is 0. The first-order valence-electron chi connectivity index (χ1n) is 5.43. The van der Waals surface area contributed by atoms with E-state index < -0.39 is 10.1 Å². The summed E-state index contributed by atoms with van der Waals surface area (Å²) in [7, 11) is -4.20. The van der Waals surface area contributed by atoms with E-state index in [9.17, 15) is 8.42 Å². The molecule has 0 saturated heterocycles. The second-order valence-electron chi connectivity index (χ2n) is 3.79. The molecule has 0 unspecified atom stereocenters. The van der Waals surface area contributed by atoms with Crippen LogP contribution >= 0.6 is 0 Å². The van der Waals surface area contributed by atoms with Gasteiger partial charge in [0.2, 0.25) is 5.39 Å². The van der Waals surface area contributed by atoms with E-state index in [1.165, 1.54) is 24.3 Å². The van der Waals surface area contributed by atoms with Gasteiger partial charge in [0.15, 0.2) is 4.98 Å². The Kier molecular flexibility index (Phi) is 5.49. The maximum absolute atomic E-state index is 10.9. The van der Waals surface area contributed by atoms with Crippen LogP contribution in [-0.4, -0.2) is 13.0 Å². The van der Waals surface area contributed by atoms with Gasteiger partial charge in [-0.25, -0.2) is 0 Å². The molecule has 0 aromatic heterocycles. The first-order chi connectivity index (χ1) is 9.49. The van der Waals surface area contributed by atoms with Crippen LogP contribution in [0.25, 0.3) is 4.98 Å². The summed E-state index contributed by atoms with van der Waals surface area (Å²) in [4.78, 5) is 2.81. The topological polar surface area (TPSA) is 107 Å². The first-order valence-corrected chi connectivity index (χ1v) is 6.87. The van der Waals surface area contributed by atoms with Crippen LogP contribution in [0.15, 0.2) is 63.7 Å². The summed E-state index contributed by atoms with van der Waals surface area (Å²) in [6, 6.07) is 11.7. The predicted octanol–water partition coefficient (Wildman–Crippen LogP) is 0.837. The van der Waals surface area contributed by atoms with Gasteiger partial charge < -0.3 is 12.4 Å². The third kappa shape index (κ3) is 4.61. The lowest BCUT2D eigenvalue weighted by Gasteiger charge is -1.96. The van der Waals surface area contributed by atoms with E-state index in [0.717, 1.165) is 0 Å². The number of hydrogen-bond acceptors (Lipinski definition) is 5. The fourth-order valence-corrected chi connectivity index (χ4v) is 1.87. The van der Waals surface area contributed by atoms with E-state index >= 15 is 0 Å². The van der Waals surface area contributed by atoms with Gasteiger partial charge >= 0.3 is 5.69 Å². The molecule has 0 heterocycles. The molecule has 0 radical (unpaired) electrons. The molecule has 0 fully saturated rings. The molecule has 1 N–H and O–H groups in total. The third-order valence-electron chi connectivity index (χ3n) is 2.38. The molecule has 0 amide bonds. The molecule has 0 bridgehead atoms. The SMILES string of the molecule is N#[N+]c1ccc(N=Nc2ccc(S(=O)(=O)O)cc2)cc1.[Cl-]. The monoisotopic (exact) mass is 324 g/mol. The van der Waals surface area contributed by atoms with Crippen molar-refractivity contribution in [2.75, 3.05) is 0 Å². The van der Waals surface area contributed by atoms with Crippen molar-refractivity contribution >= 4 is 27.2 Å². The summed E-state index contributed by atoms with van der Waals surface area (Å²) < 4.78 is 30.5. The fourth-order valence-electron chi connectivity index (χ4n) is 1.39. The van der Waals surface area contributed by atoms with Gasteiger partial charge in [-0.3, -0.25) is 4.55 Å². The molecular weight excluding hydrogens is 316 g/mol. The number of halogens is 1. The number of hydrogen-bond donors (Lipinski definition) is 1. The summed E-state index contributed by atoms with van der Waals surface area (Å²) in [6.45, 7) is 0. The third-order valence-corrected chi connectivity index (χ3v) is 3.25. The summed E-state index contributed by atoms with van der Waals surface area (Å²) in [6.07, 6.45) is 0. The zero-order chi connectivity index (χ0) is 14.6. The minimum atomic E-state index is -4.20. The normalized spacial score (nSPS) is 10.9. The summed E-state index contributed by atoms with van der Waals surface area (Å²) in [5.41, 5.74) is 1.39. The molecule has 2 aromatic carbocycles. The van der Waals surface area contributed by atoms with Crippen LogP contribution in [-0.2, 0) is 10.1 Å². The van der Waals surface area contributed by atoms with Gasteiger partial charge in [0, 0.05) is 12.1 Å². The van der Waals surface area contributed by atoms with E-state index in [1.54, 1.807) is 24.3 Å². The smallest absolute Gasteiger partial charge is 0.385 e. The van der Waals surface area contributed by atoms with E-state index in [2.05, 4.69) is 15.2 Å². The van der Waals surface area contributed by atoms with Crippen LogP contribution in [0.4, 0.5) is 17.1 Å². The number of azo groups is 1. The Hall–Kier alpha value is -2.34. The average Bonchev–Trinajstić information content (AvgIpc) is 2.45. The maximum Gasteiger partial charge on any atom is 0.385 e. The van der Waals surface area contributed by atoms with Crippen molar-refractivity contribution in [2.45, 2.75) is 4.90 Å². The molecule has 2 rings (SSSR count). The number of diazo groups is 1. The molecule has 0 spiro atoms. The van der Waals surface area contributed by atoms with Gasteiger partial charge in [-0.15, -0.1) is 0 Å². The van der Waals surface area contributed by atoms with Crippen LogP contribution in [0.3, 0.4) is 0 Å². The van der Waals surface area contributed by atoms with Crippen molar-refractivity contribution in [2.24, 2.45) is 10.2 Å². The highest BCUT2D eigenvalue weighted by atomic mass is 35.5. The van der Waals surface area contributed by atoms with Crippen LogP contribution in [0.5, 0.6) is 0 Å². The molecular formula is C12H9ClN4O3S. The van der Waals surface area contributed by atoms with Crippen molar-refractivity contribution in [1.82, 2.24) is 0 Å². The number of rotatable bonds is 3. The predicted molar refractivity (Wildman–Crippen MR) is 71.6 cm³/mol. The van der Waals surface area contributed by atoms with Crippen LogP contribution in [0, 0.1) is 5.39 Å². The van der Waals surface area contributed by atoms with Gasteiger partial charge in [-0.05, 0) is 36.4 Å². The van der Waals surface area contributed by atoms with E-state index in [0.29, 0.717) is 17.1 Å². The Morgan fingerprint density at radius 2 is 1.33 bits per heavy atom. The highest BCUT2D eigenvalue weighted by Gasteiger charge is 2.08. The second kappa shape index (κ2) is 6.90. The Balaban J connectivity index is 0.00000220. The first kappa shape index (κ1) is 16.7.